The lowest BCUT2D eigenvalue weighted by Crippen LogP contribution is -2.04. The van der Waals surface area contributed by atoms with Crippen LogP contribution in [0.25, 0.3) is 11.2 Å². The van der Waals surface area contributed by atoms with Crippen LogP contribution in [0.15, 0.2) is 0 Å². The van der Waals surface area contributed by atoms with Crippen LogP contribution in [0, 0.1) is 6.92 Å². The quantitative estimate of drug-likeness (QED) is 0.785. The van der Waals surface area contributed by atoms with Crippen LogP contribution in [0.1, 0.15) is 38.3 Å². The second-order valence-corrected chi connectivity index (χ2v) is 4.52. The summed E-state index contributed by atoms with van der Waals surface area (Å²) in [5.41, 5.74) is 1.60. The van der Waals surface area contributed by atoms with Crippen LogP contribution < -0.4 is 0 Å². The van der Waals surface area contributed by atoms with Crippen molar-refractivity contribution < 1.29 is 0 Å². The predicted molar refractivity (Wildman–Crippen MR) is 69.4 cm³/mol. The van der Waals surface area contributed by atoms with E-state index in [9.17, 15) is 0 Å². The zero-order valence-electron chi connectivity index (χ0n) is 10.5. The molecule has 2 rings (SSSR count). The molecule has 0 fully saturated rings. The minimum Gasteiger partial charge on any atom is -0.313 e. The molecule has 92 valence electrons. The number of aryl methyl sites for hydroxylation is 3. The van der Waals surface area contributed by atoms with E-state index in [1.807, 2.05) is 6.92 Å². The van der Waals surface area contributed by atoms with Crippen LogP contribution in [0.2, 0.25) is 5.15 Å². The Labute approximate surface area is 106 Å². The monoisotopic (exact) mass is 252 g/mol. The molecule has 5 heteroatoms. The molecule has 2 heterocycles. The van der Waals surface area contributed by atoms with Crippen molar-refractivity contribution in [2.45, 2.75) is 46.6 Å². The predicted octanol–water partition coefficient (Wildman–Crippen LogP) is 3.15. The number of fused-ring (bicyclic) bond motifs is 1. The summed E-state index contributed by atoms with van der Waals surface area (Å²) in [6.07, 6.45) is 3.08. The van der Waals surface area contributed by atoms with Gasteiger partial charge in [0.25, 0.3) is 0 Å². The zero-order chi connectivity index (χ0) is 12.4. The van der Waals surface area contributed by atoms with E-state index in [0.29, 0.717) is 11.0 Å². The van der Waals surface area contributed by atoms with Crippen molar-refractivity contribution in [3.05, 3.63) is 16.8 Å². The van der Waals surface area contributed by atoms with Gasteiger partial charge in [0.15, 0.2) is 10.8 Å². The Morgan fingerprint density at radius 2 is 1.88 bits per heavy atom. The highest BCUT2D eigenvalue weighted by Gasteiger charge is 2.14. The molecule has 0 amide bonds. The zero-order valence-corrected chi connectivity index (χ0v) is 11.3. The van der Waals surface area contributed by atoms with E-state index in [2.05, 4.69) is 33.4 Å². The van der Waals surface area contributed by atoms with Crippen LogP contribution in [0.5, 0.6) is 0 Å². The third-order valence-corrected chi connectivity index (χ3v) is 2.93. The number of hydrogen-bond acceptors (Lipinski definition) is 3. The maximum atomic E-state index is 6.12. The number of rotatable bonds is 4. The van der Waals surface area contributed by atoms with Gasteiger partial charge < -0.3 is 4.57 Å². The fourth-order valence-corrected chi connectivity index (χ4v) is 2.24. The third kappa shape index (κ3) is 2.27. The molecule has 0 saturated carbocycles. The average molecular weight is 253 g/mol. The van der Waals surface area contributed by atoms with Crippen LogP contribution in [0.4, 0.5) is 0 Å². The smallest absolute Gasteiger partial charge is 0.165 e. The van der Waals surface area contributed by atoms with E-state index in [0.717, 1.165) is 42.8 Å². The topological polar surface area (TPSA) is 43.6 Å². The lowest BCUT2D eigenvalue weighted by atomic mass is 10.3. The molecule has 17 heavy (non-hydrogen) atoms. The summed E-state index contributed by atoms with van der Waals surface area (Å²) in [7, 11) is 0. The molecular formula is C12H17ClN4. The Balaban J connectivity index is 2.66. The number of nitrogens with zero attached hydrogens (tertiary/aromatic N) is 4. The van der Waals surface area contributed by atoms with Crippen LogP contribution >= 0.6 is 11.6 Å². The standard InChI is InChI=1S/C12H17ClN4/c1-4-6-9-16-10-11(13)14-8(3)15-12(10)17(9)7-5-2/h4-7H2,1-3H3. The van der Waals surface area contributed by atoms with Gasteiger partial charge in [-0.1, -0.05) is 25.4 Å². The Kier molecular flexibility index (Phi) is 3.62. The van der Waals surface area contributed by atoms with Crippen LogP contribution in [0.3, 0.4) is 0 Å². The van der Waals surface area contributed by atoms with Gasteiger partial charge in [-0.15, -0.1) is 0 Å². The molecule has 0 radical (unpaired) electrons. The van der Waals surface area contributed by atoms with Gasteiger partial charge in [0, 0.05) is 13.0 Å². The molecule has 0 aliphatic carbocycles. The van der Waals surface area contributed by atoms with Gasteiger partial charge in [-0.3, -0.25) is 0 Å². The molecule has 2 aromatic heterocycles. The van der Waals surface area contributed by atoms with E-state index >= 15 is 0 Å². The number of hydrogen-bond donors (Lipinski definition) is 0. The molecule has 0 saturated heterocycles. The summed E-state index contributed by atoms with van der Waals surface area (Å²) in [5.74, 6) is 1.76. The molecular weight excluding hydrogens is 236 g/mol. The third-order valence-electron chi connectivity index (χ3n) is 2.66. The second kappa shape index (κ2) is 5.00. The van der Waals surface area contributed by atoms with Crippen molar-refractivity contribution in [1.82, 2.24) is 19.5 Å². The Hall–Kier alpha value is -1.16. The van der Waals surface area contributed by atoms with E-state index < -0.39 is 0 Å². The highest BCUT2D eigenvalue weighted by atomic mass is 35.5. The van der Waals surface area contributed by atoms with Gasteiger partial charge in [-0.05, 0) is 19.8 Å². The minimum absolute atomic E-state index is 0.458. The summed E-state index contributed by atoms with van der Waals surface area (Å²) < 4.78 is 2.17. The number of imidazole rings is 1. The van der Waals surface area contributed by atoms with Gasteiger partial charge >= 0.3 is 0 Å². The molecule has 4 nitrogen and oxygen atoms in total. The van der Waals surface area contributed by atoms with Crippen molar-refractivity contribution in [2.75, 3.05) is 0 Å². The van der Waals surface area contributed by atoms with Gasteiger partial charge in [-0.2, -0.15) is 0 Å². The summed E-state index contributed by atoms with van der Waals surface area (Å²) in [4.78, 5) is 13.2. The first-order valence-corrected chi connectivity index (χ1v) is 6.44. The van der Waals surface area contributed by atoms with Gasteiger partial charge in [0.05, 0.1) is 0 Å². The Morgan fingerprint density at radius 3 is 2.53 bits per heavy atom. The van der Waals surface area contributed by atoms with Crippen molar-refractivity contribution in [2.24, 2.45) is 0 Å². The van der Waals surface area contributed by atoms with Crippen molar-refractivity contribution in [3.63, 3.8) is 0 Å². The SMILES string of the molecule is CCCc1nc2c(Cl)nc(C)nc2n1CCC. The normalized spacial score (nSPS) is 11.3. The molecule has 0 atom stereocenters. The van der Waals surface area contributed by atoms with E-state index in [4.69, 9.17) is 11.6 Å². The second-order valence-electron chi connectivity index (χ2n) is 4.16. The highest BCUT2D eigenvalue weighted by molar-refractivity contribution is 6.33. The lowest BCUT2D eigenvalue weighted by molar-refractivity contribution is 0.641. The van der Waals surface area contributed by atoms with Gasteiger partial charge in [0.2, 0.25) is 0 Å². The van der Waals surface area contributed by atoms with Crippen molar-refractivity contribution >= 4 is 22.8 Å². The largest absolute Gasteiger partial charge is 0.313 e. The molecule has 0 aliphatic heterocycles. The lowest BCUT2D eigenvalue weighted by Gasteiger charge is -2.05. The molecule has 2 aromatic rings. The fraction of sp³-hybridized carbons (Fsp3) is 0.583. The van der Waals surface area contributed by atoms with Crippen molar-refractivity contribution in [3.8, 4) is 0 Å². The summed E-state index contributed by atoms with van der Waals surface area (Å²) in [6.45, 7) is 7.08. The molecule has 0 unspecified atom stereocenters. The average Bonchev–Trinajstić information content (AvgIpc) is 2.59. The maximum absolute atomic E-state index is 6.12. The van der Waals surface area contributed by atoms with Gasteiger partial charge in [-0.25, -0.2) is 15.0 Å². The first-order chi connectivity index (χ1) is 8.17. The van der Waals surface area contributed by atoms with E-state index in [1.165, 1.54) is 0 Å². The fourth-order valence-electron chi connectivity index (χ4n) is 1.99. The molecule has 0 aliphatic rings. The van der Waals surface area contributed by atoms with Crippen molar-refractivity contribution in [1.29, 1.82) is 0 Å². The van der Waals surface area contributed by atoms with Gasteiger partial charge in [0.1, 0.15) is 17.2 Å². The highest BCUT2D eigenvalue weighted by Crippen LogP contribution is 2.22. The molecule has 0 N–H and O–H groups in total. The first-order valence-electron chi connectivity index (χ1n) is 6.06. The van der Waals surface area contributed by atoms with E-state index in [1.54, 1.807) is 0 Å². The summed E-state index contributed by atoms with van der Waals surface area (Å²) >= 11 is 6.12. The van der Waals surface area contributed by atoms with E-state index in [-0.39, 0.29) is 0 Å². The molecule has 0 aromatic carbocycles. The summed E-state index contributed by atoms with van der Waals surface area (Å²) in [6, 6.07) is 0. The number of aromatic nitrogens is 4. The Bertz CT molecular complexity index is 533. The first kappa shape index (κ1) is 12.3. The minimum atomic E-state index is 0.458. The summed E-state index contributed by atoms with van der Waals surface area (Å²) in [5, 5.41) is 0.458. The van der Waals surface area contributed by atoms with Crippen LogP contribution in [-0.2, 0) is 13.0 Å². The van der Waals surface area contributed by atoms with Crippen LogP contribution in [-0.4, -0.2) is 19.5 Å². The molecule has 0 bridgehead atoms. The Morgan fingerprint density at radius 1 is 1.12 bits per heavy atom. The number of halogens is 1. The maximum Gasteiger partial charge on any atom is 0.165 e. The molecule has 0 spiro atoms.